The number of hydrogen-bond acceptors (Lipinski definition) is 3. The van der Waals surface area contributed by atoms with Gasteiger partial charge in [0.1, 0.15) is 17.1 Å². The van der Waals surface area contributed by atoms with Crippen LogP contribution < -0.4 is 0 Å². The van der Waals surface area contributed by atoms with Crippen molar-refractivity contribution in [3.8, 4) is 0 Å². The Morgan fingerprint density at radius 3 is 2.36 bits per heavy atom. The van der Waals surface area contributed by atoms with Crippen LogP contribution in [0.15, 0.2) is 0 Å². The summed E-state index contributed by atoms with van der Waals surface area (Å²) in [5.41, 5.74) is -1.17. The highest BCUT2D eigenvalue weighted by Gasteiger charge is 2.23. The first-order valence-corrected chi connectivity index (χ1v) is 3.80. The van der Waals surface area contributed by atoms with Gasteiger partial charge in [0.15, 0.2) is 0 Å². The van der Waals surface area contributed by atoms with E-state index in [-0.39, 0.29) is 11.5 Å². The molecule has 1 aromatic rings. The normalized spacial score (nSPS) is 10.6. The average Bonchev–Trinajstić information content (AvgIpc) is 2.01. The van der Waals surface area contributed by atoms with E-state index in [1.165, 1.54) is 13.8 Å². The minimum atomic E-state index is -2.90. The third-order valence-electron chi connectivity index (χ3n) is 1.65. The fourth-order valence-electron chi connectivity index (χ4n) is 1.16. The summed E-state index contributed by atoms with van der Waals surface area (Å²) in [6.07, 6.45) is -2.90. The summed E-state index contributed by atoms with van der Waals surface area (Å²) in [4.78, 5) is 17.8. The molecule has 0 saturated carbocycles. The topological polar surface area (TPSA) is 63.1 Å². The zero-order chi connectivity index (χ0) is 10.9. The highest BCUT2D eigenvalue weighted by molar-refractivity contribution is 5.90. The molecule has 14 heavy (non-hydrogen) atoms. The number of aromatic nitrogens is 2. The van der Waals surface area contributed by atoms with Crippen LogP contribution in [-0.4, -0.2) is 21.0 Å². The van der Waals surface area contributed by atoms with Crippen LogP contribution in [0.2, 0.25) is 0 Å². The summed E-state index contributed by atoms with van der Waals surface area (Å²) < 4.78 is 24.8. The fraction of sp³-hybridized carbons (Fsp3) is 0.375. The Hall–Kier alpha value is -1.59. The van der Waals surface area contributed by atoms with E-state index in [9.17, 15) is 13.6 Å². The Morgan fingerprint density at radius 1 is 1.36 bits per heavy atom. The smallest absolute Gasteiger partial charge is 0.339 e. The van der Waals surface area contributed by atoms with Crippen LogP contribution in [0.1, 0.15) is 34.0 Å². The largest absolute Gasteiger partial charge is 0.478 e. The van der Waals surface area contributed by atoms with Gasteiger partial charge in [-0.15, -0.1) is 0 Å². The van der Waals surface area contributed by atoms with Crippen molar-refractivity contribution in [2.45, 2.75) is 20.3 Å². The molecule has 6 heteroatoms. The number of carboxylic acid groups (broad SMARTS) is 1. The number of carboxylic acids is 1. The van der Waals surface area contributed by atoms with Crippen LogP contribution in [0, 0.1) is 13.8 Å². The van der Waals surface area contributed by atoms with Crippen LogP contribution in [0.25, 0.3) is 0 Å². The van der Waals surface area contributed by atoms with E-state index in [2.05, 4.69) is 9.97 Å². The highest BCUT2D eigenvalue weighted by atomic mass is 19.3. The van der Waals surface area contributed by atoms with Crippen molar-refractivity contribution >= 4 is 5.97 Å². The minimum absolute atomic E-state index is 0.0558. The Bertz CT molecular complexity index is 380. The van der Waals surface area contributed by atoms with Crippen molar-refractivity contribution in [2.24, 2.45) is 0 Å². The summed E-state index contributed by atoms with van der Waals surface area (Å²) in [6, 6.07) is 0. The standard InChI is InChI=1S/C8H8F2N2O2/c1-3-5(8(13)14)6(7(9)10)12-4(2)11-3/h7H,1-2H3,(H,13,14). The molecule has 0 bridgehead atoms. The van der Waals surface area contributed by atoms with Gasteiger partial charge < -0.3 is 5.11 Å². The van der Waals surface area contributed by atoms with Gasteiger partial charge in [-0.1, -0.05) is 0 Å². The number of hydrogen-bond donors (Lipinski definition) is 1. The first-order chi connectivity index (χ1) is 6.43. The second-order valence-corrected chi connectivity index (χ2v) is 2.72. The van der Waals surface area contributed by atoms with Crippen molar-refractivity contribution in [2.75, 3.05) is 0 Å². The monoisotopic (exact) mass is 202 g/mol. The molecule has 0 atom stereocenters. The average molecular weight is 202 g/mol. The number of aryl methyl sites for hydroxylation is 2. The minimum Gasteiger partial charge on any atom is -0.478 e. The zero-order valence-electron chi connectivity index (χ0n) is 7.58. The molecule has 0 saturated heterocycles. The molecule has 0 spiro atoms. The molecule has 1 heterocycles. The molecule has 1 N–H and O–H groups in total. The lowest BCUT2D eigenvalue weighted by molar-refractivity contribution is 0.0680. The fourth-order valence-corrected chi connectivity index (χ4v) is 1.16. The van der Waals surface area contributed by atoms with Crippen LogP contribution in [0.5, 0.6) is 0 Å². The van der Waals surface area contributed by atoms with Crippen LogP contribution in [0.3, 0.4) is 0 Å². The lowest BCUT2D eigenvalue weighted by atomic mass is 10.1. The summed E-state index contributed by atoms with van der Waals surface area (Å²) >= 11 is 0. The Kier molecular flexibility index (Phi) is 2.73. The molecular weight excluding hydrogens is 194 g/mol. The van der Waals surface area contributed by atoms with Gasteiger partial charge in [-0.25, -0.2) is 23.5 Å². The number of rotatable bonds is 2. The van der Waals surface area contributed by atoms with Gasteiger partial charge in [-0.2, -0.15) is 0 Å². The summed E-state index contributed by atoms with van der Waals surface area (Å²) in [5.74, 6) is -1.29. The molecule has 0 aromatic carbocycles. The number of carbonyl (C=O) groups is 1. The van der Waals surface area contributed by atoms with E-state index >= 15 is 0 Å². The number of aromatic carboxylic acids is 1. The van der Waals surface area contributed by atoms with Crippen molar-refractivity contribution < 1.29 is 18.7 Å². The van der Waals surface area contributed by atoms with E-state index in [1.54, 1.807) is 0 Å². The predicted octanol–water partition coefficient (Wildman–Crippen LogP) is 1.73. The van der Waals surface area contributed by atoms with Crippen LogP contribution in [0.4, 0.5) is 8.78 Å². The van der Waals surface area contributed by atoms with Gasteiger partial charge in [0.05, 0.1) is 5.69 Å². The molecule has 0 aliphatic carbocycles. The second kappa shape index (κ2) is 3.65. The summed E-state index contributed by atoms with van der Waals surface area (Å²) in [7, 11) is 0. The summed E-state index contributed by atoms with van der Waals surface area (Å²) in [6.45, 7) is 2.80. The molecule has 1 rings (SSSR count). The lowest BCUT2D eigenvalue weighted by Gasteiger charge is -2.07. The molecule has 0 aliphatic rings. The Morgan fingerprint density at radius 2 is 1.93 bits per heavy atom. The van der Waals surface area contributed by atoms with Crippen molar-refractivity contribution in [1.82, 2.24) is 9.97 Å². The molecule has 0 unspecified atom stereocenters. The lowest BCUT2D eigenvalue weighted by Crippen LogP contribution is -2.11. The van der Waals surface area contributed by atoms with Crippen LogP contribution >= 0.6 is 0 Å². The number of halogens is 2. The first-order valence-electron chi connectivity index (χ1n) is 3.80. The molecule has 0 aliphatic heterocycles. The third kappa shape index (κ3) is 1.84. The zero-order valence-corrected chi connectivity index (χ0v) is 7.58. The van der Waals surface area contributed by atoms with Crippen molar-refractivity contribution in [1.29, 1.82) is 0 Å². The highest BCUT2D eigenvalue weighted by Crippen LogP contribution is 2.22. The predicted molar refractivity (Wildman–Crippen MR) is 43.4 cm³/mol. The Labute approximate surface area is 78.6 Å². The summed E-state index contributed by atoms with van der Waals surface area (Å²) in [5, 5.41) is 8.67. The first kappa shape index (κ1) is 10.5. The van der Waals surface area contributed by atoms with E-state index in [0.29, 0.717) is 0 Å². The van der Waals surface area contributed by atoms with Crippen LogP contribution in [-0.2, 0) is 0 Å². The van der Waals surface area contributed by atoms with E-state index in [1.807, 2.05) is 0 Å². The van der Waals surface area contributed by atoms with E-state index in [0.717, 1.165) is 0 Å². The van der Waals surface area contributed by atoms with Gasteiger partial charge in [0.25, 0.3) is 6.43 Å². The number of nitrogens with zero attached hydrogens (tertiary/aromatic N) is 2. The van der Waals surface area contributed by atoms with E-state index < -0.39 is 23.7 Å². The van der Waals surface area contributed by atoms with E-state index in [4.69, 9.17) is 5.11 Å². The number of alkyl halides is 2. The molecular formula is C8H8F2N2O2. The van der Waals surface area contributed by atoms with Crippen molar-refractivity contribution in [3.63, 3.8) is 0 Å². The maximum Gasteiger partial charge on any atom is 0.339 e. The maximum absolute atomic E-state index is 12.4. The maximum atomic E-state index is 12.4. The van der Waals surface area contributed by atoms with Gasteiger partial charge in [0.2, 0.25) is 0 Å². The molecule has 1 aromatic heterocycles. The van der Waals surface area contributed by atoms with Gasteiger partial charge in [-0.3, -0.25) is 0 Å². The van der Waals surface area contributed by atoms with Gasteiger partial charge in [0, 0.05) is 0 Å². The molecule has 4 nitrogen and oxygen atoms in total. The SMILES string of the molecule is Cc1nc(C)c(C(=O)O)c(C(F)F)n1. The van der Waals surface area contributed by atoms with Gasteiger partial charge >= 0.3 is 5.97 Å². The quantitative estimate of drug-likeness (QED) is 0.793. The molecule has 0 radical (unpaired) electrons. The third-order valence-corrected chi connectivity index (χ3v) is 1.65. The second-order valence-electron chi connectivity index (χ2n) is 2.72. The molecule has 0 amide bonds. The molecule has 76 valence electrons. The Balaban J connectivity index is 3.44. The van der Waals surface area contributed by atoms with Crippen molar-refractivity contribution in [3.05, 3.63) is 22.8 Å². The molecule has 0 fully saturated rings. The van der Waals surface area contributed by atoms with Gasteiger partial charge in [-0.05, 0) is 13.8 Å².